The molecular weight excluding hydrogens is 542 g/mol. The van der Waals surface area contributed by atoms with Crippen LogP contribution in [0.4, 0.5) is 28.4 Å². The molecule has 0 atom stereocenters. The maximum Gasteiger partial charge on any atom is 0.296 e. The number of phenols is 1. The molecule has 4 N–H and O–H groups in total. The third kappa shape index (κ3) is 5.79. The molecule has 0 spiro atoms. The average Bonchev–Trinajstić information content (AvgIpc) is 2.88. The lowest BCUT2D eigenvalue weighted by Crippen LogP contribution is -2.02. The molecule has 0 aromatic heterocycles. The van der Waals surface area contributed by atoms with Gasteiger partial charge in [-0.3, -0.25) is 4.55 Å². The van der Waals surface area contributed by atoms with E-state index in [1.807, 2.05) is 0 Å². The second-order valence-corrected chi connectivity index (χ2v) is 12.4. The molecule has 0 aliphatic rings. The average molecular weight is 568 g/mol. The Morgan fingerprint density at radius 3 is 1.97 bits per heavy atom. The number of anilines is 1. The molecule has 0 saturated carbocycles. The Kier molecular flexibility index (Phi) is 7.50. The van der Waals surface area contributed by atoms with Crippen LogP contribution in [0.15, 0.2) is 90.9 Å². The topological polar surface area (TPSA) is 184 Å². The minimum Gasteiger partial charge on any atom is -0.505 e. The largest absolute Gasteiger partial charge is 0.505 e. The molecule has 202 valence electrons. The summed E-state index contributed by atoms with van der Waals surface area (Å²) in [4.78, 5) is -0.401. The zero-order valence-corrected chi connectivity index (χ0v) is 22.8. The number of nitrogens with two attached hydrogens (primary N) is 1. The third-order valence-electron chi connectivity index (χ3n) is 6.01. The fraction of sp³-hybridized carbons (Fsp3) is 0.154. The number of azo groups is 2. The van der Waals surface area contributed by atoms with E-state index in [9.17, 15) is 26.5 Å². The van der Waals surface area contributed by atoms with Crippen LogP contribution in [0, 0.1) is 13.8 Å². The van der Waals surface area contributed by atoms with E-state index in [4.69, 9.17) is 5.73 Å². The van der Waals surface area contributed by atoms with Gasteiger partial charge >= 0.3 is 0 Å². The number of aromatic hydroxyl groups is 1. The van der Waals surface area contributed by atoms with Crippen LogP contribution in [0.25, 0.3) is 10.8 Å². The SMILES string of the molecule is CCS(=O)(=O)c1ccc(N=Nc2cc(C)c(N=Nc3c(S(=O)(=O)O)cc4cccc(N)c4c3O)cc2C)cc1. The molecule has 0 aliphatic carbocycles. The van der Waals surface area contributed by atoms with Crippen molar-refractivity contribution >= 4 is 59.2 Å². The minimum absolute atomic E-state index is 0.00167. The van der Waals surface area contributed by atoms with Crippen LogP contribution in [0.2, 0.25) is 0 Å². The number of hydrogen-bond acceptors (Lipinski definition) is 10. The molecule has 13 heteroatoms. The van der Waals surface area contributed by atoms with Gasteiger partial charge in [-0.25, -0.2) is 8.42 Å². The van der Waals surface area contributed by atoms with E-state index in [2.05, 4.69) is 20.5 Å². The van der Waals surface area contributed by atoms with Crippen LogP contribution in [-0.4, -0.2) is 32.2 Å². The number of sulfone groups is 1. The van der Waals surface area contributed by atoms with Gasteiger partial charge in [-0.2, -0.15) is 23.8 Å². The minimum atomic E-state index is -4.75. The van der Waals surface area contributed by atoms with E-state index >= 15 is 0 Å². The Hall–Kier alpha value is -4.20. The van der Waals surface area contributed by atoms with Crippen molar-refractivity contribution in [1.29, 1.82) is 0 Å². The van der Waals surface area contributed by atoms with E-state index in [0.717, 1.165) is 0 Å². The summed E-state index contributed by atoms with van der Waals surface area (Å²) in [5, 5.41) is 27.8. The molecule has 4 aromatic carbocycles. The van der Waals surface area contributed by atoms with Gasteiger partial charge < -0.3 is 10.8 Å². The molecule has 0 amide bonds. The van der Waals surface area contributed by atoms with Gasteiger partial charge in [0.25, 0.3) is 10.1 Å². The van der Waals surface area contributed by atoms with Gasteiger partial charge in [-0.15, -0.1) is 5.11 Å². The van der Waals surface area contributed by atoms with Gasteiger partial charge in [0.1, 0.15) is 10.6 Å². The second kappa shape index (κ2) is 10.5. The highest BCUT2D eigenvalue weighted by Gasteiger charge is 2.23. The van der Waals surface area contributed by atoms with Crippen molar-refractivity contribution < 1.29 is 26.5 Å². The summed E-state index contributed by atoms with van der Waals surface area (Å²) in [7, 11) is -8.06. The number of benzene rings is 4. The standard InChI is InChI=1S/C26H25N5O6S2/c1-4-38(33,34)19-10-8-18(9-11-19)28-29-21-12-16(3)22(13-15(21)2)30-31-25-23(39(35,36)37)14-17-6-5-7-20(27)24(17)26(25)32/h5-14,32H,4,27H2,1-3H3,(H,35,36,37). The summed E-state index contributed by atoms with van der Waals surface area (Å²) in [6.45, 7) is 5.08. The fourth-order valence-corrected chi connectivity index (χ4v) is 5.37. The third-order valence-corrected chi connectivity index (χ3v) is 8.63. The molecule has 11 nitrogen and oxygen atoms in total. The highest BCUT2D eigenvalue weighted by molar-refractivity contribution is 7.91. The van der Waals surface area contributed by atoms with Gasteiger partial charge in [0.05, 0.1) is 27.7 Å². The molecule has 0 radical (unpaired) electrons. The van der Waals surface area contributed by atoms with Gasteiger partial charge in [0.2, 0.25) is 0 Å². The van der Waals surface area contributed by atoms with Gasteiger partial charge in [-0.05, 0) is 78.9 Å². The number of aryl methyl sites for hydroxylation is 2. The van der Waals surface area contributed by atoms with Crippen LogP contribution in [0.1, 0.15) is 18.1 Å². The lowest BCUT2D eigenvalue weighted by molar-refractivity contribution is 0.472. The van der Waals surface area contributed by atoms with Crippen LogP contribution >= 0.6 is 0 Å². The monoisotopic (exact) mass is 567 g/mol. The van der Waals surface area contributed by atoms with Crippen LogP contribution in [0.3, 0.4) is 0 Å². The molecule has 0 fully saturated rings. The van der Waals surface area contributed by atoms with Crippen molar-refractivity contribution in [3.63, 3.8) is 0 Å². The molecule has 0 bridgehead atoms. The predicted molar refractivity (Wildman–Crippen MR) is 148 cm³/mol. The van der Waals surface area contributed by atoms with Crippen molar-refractivity contribution in [2.75, 3.05) is 11.5 Å². The maximum absolute atomic E-state index is 12.0. The second-order valence-electron chi connectivity index (χ2n) is 8.71. The van der Waals surface area contributed by atoms with Gasteiger partial charge in [-0.1, -0.05) is 19.1 Å². The summed E-state index contributed by atoms with van der Waals surface area (Å²) in [6.07, 6.45) is 0. The molecular formula is C26H25N5O6S2. The summed E-state index contributed by atoms with van der Waals surface area (Å²) < 4.78 is 57.8. The van der Waals surface area contributed by atoms with Crippen LogP contribution in [0.5, 0.6) is 5.75 Å². The van der Waals surface area contributed by atoms with E-state index in [0.29, 0.717) is 33.6 Å². The zero-order chi connectivity index (χ0) is 28.5. The first-order chi connectivity index (χ1) is 18.3. The normalized spacial score (nSPS) is 12.6. The summed E-state index contributed by atoms with van der Waals surface area (Å²) >= 11 is 0. The van der Waals surface area contributed by atoms with Crippen molar-refractivity contribution in [3.8, 4) is 5.75 Å². The van der Waals surface area contributed by atoms with Crippen molar-refractivity contribution in [3.05, 3.63) is 71.8 Å². The highest BCUT2D eigenvalue weighted by atomic mass is 32.2. The number of nitrogen functional groups attached to an aromatic ring is 1. The van der Waals surface area contributed by atoms with Crippen molar-refractivity contribution in [2.24, 2.45) is 20.5 Å². The lowest BCUT2D eigenvalue weighted by atomic mass is 10.1. The number of phenolic OH excluding ortho intramolecular Hbond substituents is 1. The van der Waals surface area contributed by atoms with Crippen LogP contribution < -0.4 is 5.73 Å². The molecule has 0 aliphatic heterocycles. The van der Waals surface area contributed by atoms with E-state index in [1.54, 1.807) is 63.2 Å². The number of nitrogens with zero attached hydrogens (tertiary/aromatic N) is 4. The molecule has 0 saturated heterocycles. The highest BCUT2D eigenvalue weighted by Crippen LogP contribution is 2.43. The van der Waals surface area contributed by atoms with Crippen LogP contribution in [-0.2, 0) is 20.0 Å². The first kappa shape index (κ1) is 27.8. The summed E-state index contributed by atoms with van der Waals surface area (Å²) in [5.41, 5.74) is 8.37. The molecule has 0 unspecified atom stereocenters. The summed E-state index contributed by atoms with van der Waals surface area (Å²) in [5.74, 6) is -0.527. The maximum atomic E-state index is 12.0. The Morgan fingerprint density at radius 2 is 1.41 bits per heavy atom. The Bertz CT molecular complexity index is 1870. The zero-order valence-electron chi connectivity index (χ0n) is 21.2. The molecule has 39 heavy (non-hydrogen) atoms. The smallest absolute Gasteiger partial charge is 0.296 e. The fourth-order valence-electron chi connectivity index (χ4n) is 3.82. The molecule has 0 heterocycles. The molecule has 4 rings (SSSR count). The predicted octanol–water partition coefficient (Wildman–Crippen LogP) is 6.62. The Balaban J connectivity index is 1.69. The van der Waals surface area contributed by atoms with Crippen molar-refractivity contribution in [1.82, 2.24) is 0 Å². The first-order valence-electron chi connectivity index (χ1n) is 11.6. The number of hydrogen-bond donors (Lipinski definition) is 3. The quantitative estimate of drug-likeness (QED) is 0.127. The van der Waals surface area contributed by atoms with E-state index < -0.39 is 36.3 Å². The summed E-state index contributed by atoms with van der Waals surface area (Å²) in [6, 6.07) is 15.3. The van der Waals surface area contributed by atoms with Gasteiger partial charge in [0, 0.05) is 11.1 Å². The Morgan fingerprint density at radius 1 is 0.821 bits per heavy atom. The van der Waals surface area contributed by atoms with E-state index in [-0.39, 0.29) is 21.7 Å². The lowest BCUT2D eigenvalue weighted by Gasteiger charge is -2.10. The number of rotatable bonds is 7. The Labute approximate surface area is 225 Å². The van der Waals surface area contributed by atoms with E-state index in [1.165, 1.54) is 18.2 Å². The first-order valence-corrected chi connectivity index (χ1v) is 14.7. The number of fused-ring (bicyclic) bond motifs is 1. The van der Waals surface area contributed by atoms with Gasteiger partial charge in [0.15, 0.2) is 15.6 Å². The molecule has 4 aromatic rings. The van der Waals surface area contributed by atoms with Crippen molar-refractivity contribution in [2.45, 2.75) is 30.6 Å².